The smallest absolute Gasteiger partial charge is 0.213 e. The average molecular weight is 368 g/mol. The van der Waals surface area contributed by atoms with E-state index in [9.17, 15) is 8.42 Å². The fraction of sp³-hybridized carbons (Fsp3) is 0.722. The standard InChI is InChI=1S/C18H28N2O4S/c1-2-25(21,22)20-10-7-18(8-11-20)17(6-13-24-18)5-12-23-15-16-4-3-9-19-14-16/h3-4,9,14,17H,2,5-8,10-13,15H2,1H3/t17-/m1/s1. The molecule has 2 saturated heterocycles. The molecule has 0 saturated carbocycles. The number of hydrogen-bond acceptors (Lipinski definition) is 5. The number of piperidine rings is 1. The van der Waals surface area contributed by atoms with Gasteiger partial charge in [0.1, 0.15) is 0 Å². The summed E-state index contributed by atoms with van der Waals surface area (Å²) in [6.07, 6.45) is 7.16. The highest BCUT2D eigenvalue weighted by Crippen LogP contribution is 2.42. The van der Waals surface area contributed by atoms with Crippen molar-refractivity contribution in [3.05, 3.63) is 30.1 Å². The van der Waals surface area contributed by atoms with E-state index in [4.69, 9.17) is 9.47 Å². The second-order valence-corrected chi connectivity index (χ2v) is 9.16. The lowest BCUT2D eigenvalue weighted by Gasteiger charge is -2.41. The predicted octanol–water partition coefficient (Wildman–Crippen LogP) is 2.21. The van der Waals surface area contributed by atoms with E-state index in [1.54, 1.807) is 17.4 Å². The molecule has 1 aromatic heterocycles. The summed E-state index contributed by atoms with van der Waals surface area (Å²) in [6.45, 7) is 4.90. The Labute approximate surface area is 150 Å². The minimum atomic E-state index is -3.09. The first-order valence-electron chi connectivity index (χ1n) is 9.14. The fourth-order valence-electron chi connectivity index (χ4n) is 3.97. The van der Waals surface area contributed by atoms with Crippen LogP contribution in [0.15, 0.2) is 24.5 Å². The number of aromatic nitrogens is 1. The minimum Gasteiger partial charge on any atom is -0.377 e. The maximum absolute atomic E-state index is 12.0. The molecule has 2 aliphatic rings. The molecule has 3 heterocycles. The molecule has 7 heteroatoms. The summed E-state index contributed by atoms with van der Waals surface area (Å²) in [4.78, 5) is 4.09. The van der Waals surface area contributed by atoms with Crippen molar-refractivity contribution in [1.82, 2.24) is 9.29 Å². The van der Waals surface area contributed by atoms with Crippen LogP contribution in [0.1, 0.15) is 38.2 Å². The molecule has 0 radical (unpaired) electrons. The Hall–Kier alpha value is -1.02. The van der Waals surface area contributed by atoms with Gasteiger partial charge in [-0.2, -0.15) is 0 Å². The quantitative estimate of drug-likeness (QED) is 0.690. The molecule has 25 heavy (non-hydrogen) atoms. The second-order valence-electron chi connectivity index (χ2n) is 6.90. The van der Waals surface area contributed by atoms with Crippen LogP contribution in [-0.2, 0) is 26.1 Å². The van der Waals surface area contributed by atoms with Crippen LogP contribution in [0.3, 0.4) is 0 Å². The Balaban J connectivity index is 1.48. The fourth-order valence-corrected chi connectivity index (χ4v) is 5.07. The molecular formula is C18H28N2O4S. The molecule has 0 aliphatic carbocycles. The van der Waals surface area contributed by atoms with Crippen LogP contribution < -0.4 is 0 Å². The Morgan fingerprint density at radius 3 is 2.88 bits per heavy atom. The van der Waals surface area contributed by atoms with Gasteiger partial charge in [-0.3, -0.25) is 4.98 Å². The van der Waals surface area contributed by atoms with Gasteiger partial charge in [-0.25, -0.2) is 12.7 Å². The molecule has 0 bridgehead atoms. The van der Waals surface area contributed by atoms with Crippen LogP contribution in [0.5, 0.6) is 0 Å². The summed E-state index contributed by atoms with van der Waals surface area (Å²) in [5.41, 5.74) is 0.926. The van der Waals surface area contributed by atoms with Crippen molar-refractivity contribution in [2.75, 3.05) is 32.1 Å². The van der Waals surface area contributed by atoms with E-state index in [1.807, 2.05) is 18.3 Å². The van der Waals surface area contributed by atoms with E-state index in [0.29, 0.717) is 32.2 Å². The first-order valence-corrected chi connectivity index (χ1v) is 10.7. The highest BCUT2D eigenvalue weighted by atomic mass is 32.2. The molecular weight excluding hydrogens is 340 g/mol. The lowest BCUT2D eigenvalue weighted by molar-refractivity contribution is -0.0618. The summed E-state index contributed by atoms with van der Waals surface area (Å²) in [5, 5.41) is 0. The molecule has 1 aromatic rings. The summed E-state index contributed by atoms with van der Waals surface area (Å²) >= 11 is 0. The molecule has 0 amide bonds. The molecule has 1 spiro atoms. The summed E-state index contributed by atoms with van der Waals surface area (Å²) in [7, 11) is -3.09. The predicted molar refractivity (Wildman–Crippen MR) is 95.6 cm³/mol. The highest BCUT2D eigenvalue weighted by Gasteiger charge is 2.47. The van der Waals surface area contributed by atoms with Gasteiger partial charge in [0, 0.05) is 38.7 Å². The topological polar surface area (TPSA) is 68.7 Å². The molecule has 3 rings (SSSR count). The maximum Gasteiger partial charge on any atom is 0.213 e. The Kier molecular flexibility index (Phi) is 6.09. The summed E-state index contributed by atoms with van der Waals surface area (Å²) in [6, 6.07) is 3.92. The van der Waals surface area contributed by atoms with E-state index < -0.39 is 10.0 Å². The van der Waals surface area contributed by atoms with Gasteiger partial charge in [0.25, 0.3) is 0 Å². The van der Waals surface area contributed by atoms with Crippen LogP contribution in [0.4, 0.5) is 0 Å². The molecule has 0 aromatic carbocycles. The summed E-state index contributed by atoms with van der Waals surface area (Å²) < 4.78 is 37.6. The van der Waals surface area contributed by atoms with E-state index >= 15 is 0 Å². The van der Waals surface area contributed by atoms with Crippen LogP contribution >= 0.6 is 0 Å². The Morgan fingerprint density at radius 2 is 2.20 bits per heavy atom. The second kappa shape index (κ2) is 8.12. The summed E-state index contributed by atoms with van der Waals surface area (Å²) in [5.74, 6) is 0.625. The van der Waals surface area contributed by atoms with Gasteiger partial charge < -0.3 is 9.47 Å². The van der Waals surface area contributed by atoms with Crippen LogP contribution in [0.2, 0.25) is 0 Å². The zero-order chi connectivity index (χ0) is 17.8. The largest absolute Gasteiger partial charge is 0.377 e. The average Bonchev–Trinajstić information content (AvgIpc) is 3.02. The van der Waals surface area contributed by atoms with Crippen LogP contribution in [0, 0.1) is 5.92 Å². The zero-order valence-electron chi connectivity index (χ0n) is 14.9. The van der Waals surface area contributed by atoms with Crippen molar-refractivity contribution in [2.45, 2.75) is 44.8 Å². The molecule has 0 unspecified atom stereocenters. The lowest BCUT2D eigenvalue weighted by Crippen LogP contribution is -2.49. The number of nitrogens with zero attached hydrogens (tertiary/aromatic N) is 2. The van der Waals surface area contributed by atoms with Crippen molar-refractivity contribution >= 4 is 10.0 Å². The van der Waals surface area contributed by atoms with Gasteiger partial charge in [0.05, 0.1) is 18.0 Å². The van der Waals surface area contributed by atoms with Crippen molar-refractivity contribution < 1.29 is 17.9 Å². The van der Waals surface area contributed by atoms with Gasteiger partial charge in [-0.05, 0) is 50.2 Å². The lowest BCUT2D eigenvalue weighted by atomic mass is 9.78. The molecule has 140 valence electrons. The van der Waals surface area contributed by atoms with E-state index in [0.717, 1.165) is 37.9 Å². The third-order valence-corrected chi connectivity index (χ3v) is 7.41. The number of rotatable bonds is 7. The molecule has 2 fully saturated rings. The van der Waals surface area contributed by atoms with Gasteiger partial charge in [0.2, 0.25) is 10.0 Å². The number of ether oxygens (including phenoxy) is 2. The third kappa shape index (κ3) is 4.39. The van der Waals surface area contributed by atoms with Crippen molar-refractivity contribution in [2.24, 2.45) is 5.92 Å². The Morgan fingerprint density at radius 1 is 1.40 bits per heavy atom. The number of pyridine rings is 1. The van der Waals surface area contributed by atoms with Gasteiger partial charge >= 0.3 is 0 Å². The first-order chi connectivity index (χ1) is 12.1. The van der Waals surface area contributed by atoms with Crippen molar-refractivity contribution in [3.63, 3.8) is 0 Å². The van der Waals surface area contributed by atoms with Crippen molar-refractivity contribution in [3.8, 4) is 0 Å². The normalized spacial score (nSPS) is 24.0. The van der Waals surface area contributed by atoms with E-state index in [-0.39, 0.29) is 11.4 Å². The monoisotopic (exact) mass is 368 g/mol. The van der Waals surface area contributed by atoms with Crippen LogP contribution in [-0.4, -0.2) is 55.4 Å². The minimum absolute atomic E-state index is 0.155. The van der Waals surface area contributed by atoms with Crippen LogP contribution in [0.25, 0.3) is 0 Å². The first kappa shape index (κ1) is 18.8. The maximum atomic E-state index is 12.0. The third-order valence-electron chi connectivity index (χ3n) is 5.53. The highest BCUT2D eigenvalue weighted by molar-refractivity contribution is 7.89. The SMILES string of the molecule is CCS(=O)(=O)N1CCC2(CC1)OCC[C@H]2CCOCc1cccnc1. The van der Waals surface area contributed by atoms with E-state index in [1.165, 1.54) is 0 Å². The Bertz CT molecular complexity index is 642. The van der Waals surface area contributed by atoms with Gasteiger partial charge in [-0.15, -0.1) is 0 Å². The number of hydrogen-bond donors (Lipinski definition) is 0. The molecule has 2 aliphatic heterocycles. The van der Waals surface area contributed by atoms with Gasteiger partial charge in [-0.1, -0.05) is 6.07 Å². The number of sulfonamides is 1. The molecule has 0 N–H and O–H groups in total. The molecule has 1 atom stereocenters. The van der Waals surface area contributed by atoms with Gasteiger partial charge in [0.15, 0.2) is 0 Å². The van der Waals surface area contributed by atoms with Crippen molar-refractivity contribution in [1.29, 1.82) is 0 Å². The zero-order valence-corrected chi connectivity index (χ0v) is 15.7. The van der Waals surface area contributed by atoms with E-state index in [2.05, 4.69) is 4.98 Å². The molecule has 6 nitrogen and oxygen atoms in total.